The minimum Gasteiger partial charge on any atom is -0.378 e. The molecule has 3 rings (SSSR count). The van der Waals surface area contributed by atoms with E-state index in [4.69, 9.17) is 4.74 Å². The van der Waals surface area contributed by atoms with Crippen LogP contribution in [0.5, 0.6) is 0 Å². The molecule has 1 atom stereocenters. The van der Waals surface area contributed by atoms with Crippen molar-refractivity contribution in [3.8, 4) is 5.69 Å². The van der Waals surface area contributed by atoms with Crippen molar-refractivity contribution in [2.24, 2.45) is 0 Å². The second-order valence-corrected chi connectivity index (χ2v) is 6.49. The van der Waals surface area contributed by atoms with Gasteiger partial charge in [-0.15, -0.1) is 0 Å². The van der Waals surface area contributed by atoms with Gasteiger partial charge in [0.05, 0.1) is 17.5 Å². The molecule has 2 aromatic rings. The lowest BCUT2D eigenvalue weighted by Crippen LogP contribution is -2.24. The number of carbonyl (C=O) groups is 1. The predicted octanol–water partition coefficient (Wildman–Crippen LogP) is 3.20. The largest absolute Gasteiger partial charge is 0.378 e. The number of carbonyl (C=O) groups excluding carboxylic acids is 1. The van der Waals surface area contributed by atoms with Crippen molar-refractivity contribution in [3.05, 3.63) is 47.0 Å². The second kappa shape index (κ2) is 7.78. The van der Waals surface area contributed by atoms with Crippen LogP contribution in [-0.4, -0.2) is 28.4 Å². The number of rotatable bonds is 6. The van der Waals surface area contributed by atoms with E-state index in [-0.39, 0.29) is 17.8 Å². The van der Waals surface area contributed by atoms with Gasteiger partial charge >= 0.3 is 0 Å². The Kier molecular flexibility index (Phi) is 5.48. The topological polar surface area (TPSA) is 56.2 Å². The van der Waals surface area contributed by atoms with Crippen molar-refractivity contribution in [2.75, 3.05) is 6.61 Å². The van der Waals surface area contributed by atoms with Crippen LogP contribution in [0.25, 0.3) is 5.69 Å². The summed E-state index contributed by atoms with van der Waals surface area (Å²) in [5.41, 5.74) is 3.61. The third kappa shape index (κ3) is 4.25. The molecule has 1 aromatic heterocycles. The fraction of sp³-hybridized carbons (Fsp3) is 0.474. The van der Waals surface area contributed by atoms with Gasteiger partial charge < -0.3 is 10.1 Å². The van der Waals surface area contributed by atoms with E-state index in [1.807, 2.05) is 13.8 Å². The monoisotopic (exact) mass is 345 g/mol. The second-order valence-electron chi connectivity index (χ2n) is 6.49. The van der Waals surface area contributed by atoms with Gasteiger partial charge in [-0.1, -0.05) is 0 Å². The number of hydrogen-bond donors (Lipinski definition) is 1. The summed E-state index contributed by atoms with van der Waals surface area (Å²) in [5, 5.41) is 7.49. The standard InChI is InChI=1S/C19H24FN3O2/c1-13-18(12-21-19(24)10-9-17-4-3-11-25-17)14(2)23(22-13)16-7-5-15(20)6-8-16/h5-8,17H,3-4,9-12H2,1-2H3,(H,21,24). The first-order valence-electron chi connectivity index (χ1n) is 8.74. The minimum absolute atomic E-state index is 0.0313. The van der Waals surface area contributed by atoms with Crippen molar-refractivity contribution in [1.29, 1.82) is 0 Å². The molecule has 1 fully saturated rings. The third-order valence-electron chi connectivity index (χ3n) is 4.69. The summed E-state index contributed by atoms with van der Waals surface area (Å²) in [6.07, 6.45) is 3.63. The summed E-state index contributed by atoms with van der Waals surface area (Å²) in [4.78, 5) is 12.1. The number of benzene rings is 1. The first-order chi connectivity index (χ1) is 12.0. The van der Waals surface area contributed by atoms with Crippen LogP contribution in [-0.2, 0) is 16.1 Å². The Morgan fingerprint density at radius 1 is 1.36 bits per heavy atom. The highest BCUT2D eigenvalue weighted by molar-refractivity contribution is 5.75. The molecule has 25 heavy (non-hydrogen) atoms. The molecule has 134 valence electrons. The van der Waals surface area contributed by atoms with Gasteiger partial charge in [0.25, 0.3) is 0 Å². The maximum absolute atomic E-state index is 13.1. The van der Waals surface area contributed by atoms with E-state index >= 15 is 0 Å². The van der Waals surface area contributed by atoms with Crippen molar-refractivity contribution >= 4 is 5.91 Å². The van der Waals surface area contributed by atoms with E-state index in [9.17, 15) is 9.18 Å². The Balaban J connectivity index is 1.60. The Morgan fingerprint density at radius 3 is 2.80 bits per heavy atom. The molecular weight excluding hydrogens is 321 g/mol. The molecular formula is C19H24FN3O2. The molecule has 0 saturated carbocycles. The van der Waals surface area contributed by atoms with Gasteiger partial charge in [-0.2, -0.15) is 5.10 Å². The van der Waals surface area contributed by atoms with E-state index in [0.717, 1.165) is 48.5 Å². The zero-order chi connectivity index (χ0) is 17.8. The number of nitrogens with zero attached hydrogens (tertiary/aromatic N) is 2. The molecule has 5 nitrogen and oxygen atoms in total. The highest BCUT2D eigenvalue weighted by atomic mass is 19.1. The number of aromatic nitrogens is 2. The molecule has 0 bridgehead atoms. The van der Waals surface area contributed by atoms with Gasteiger partial charge in [0.1, 0.15) is 5.82 Å². The molecule has 1 amide bonds. The fourth-order valence-corrected chi connectivity index (χ4v) is 3.20. The van der Waals surface area contributed by atoms with E-state index in [2.05, 4.69) is 10.4 Å². The summed E-state index contributed by atoms with van der Waals surface area (Å²) in [7, 11) is 0. The molecule has 1 unspecified atom stereocenters. The van der Waals surface area contributed by atoms with Gasteiger partial charge in [0.15, 0.2) is 0 Å². The highest BCUT2D eigenvalue weighted by Crippen LogP contribution is 2.19. The molecule has 2 heterocycles. The van der Waals surface area contributed by atoms with Gasteiger partial charge in [-0.3, -0.25) is 4.79 Å². The quantitative estimate of drug-likeness (QED) is 0.875. The third-order valence-corrected chi connectivity index (χ3v) is 4.69. The molecule has 0 aliphatic carbocycles. The van der Waals surface area contributed by atoms with Gasteiger partial charge in [0, 0.05) is 30.8 Å². The van der Waals surface area contributed by atoms with Crippen LogP contribution < -0.4 is 5.32 Å². The summed E-state index contributed by atoms with van der Waals surface area (Å²) in [6.45, 7) is 5.13. The number of nitrogens with one attached hydrogen (secondary N) is 1. The maximum atomic E-state index is 13.1. The smallest absolute Gasteiger partial charge is 0.220 e. The van der Waals surface area contributed by atoms with Crippen molar-refractivity contribution in [3.63, 3.8) is 0 Å². The van der Waals surface area contributed by atoms with E-state index < -0.39 is 0 Å². The molecule has 6 heteroatoms. The zero-order valence-corrected chi connectivity index (χ0v) is 14.7. The van der Waals surface area contributed by atoms with Crippen molar-refractivity contribution in [1.82, 2.24) is 15.1 Å². The van der Waals surface area contributed by atoms with E-state index in [0.29, 0.717) is 13.0 Å². The fourth-order valence-electron chi connectivity index (χ4n) is 3.20. The highest BCUT2D eigenvalue weighted by Gasteiger charge is 2.17. The van der Waals surface area contributed by atoms with Crippen LogP contribution in [0.3, 0.4) is 0 Å². The van der Waals surface area contributed by atoms with Crippen LogP contribution in [0, 0.1) is 19.7 Å². The molecule has 1 aliphatic rings. The van der Waals surface area contributed by atoms with Gasteiger partial charge in [-0.25, -0.2) is 9.07 Å². The van der Waals surface area contributed by atoms with E-state index in [1.54, 1.807) is 16.8 Å². The average Bonchev–Trinajstić information content (AvgIpc) is 3.21. The van der Waals surface area contributed by atoms with Gasteiger partial charge in [-0.05, 0) is 57.4 Å². The lowest BCUT2D eigenvalue weighted by Gasteiger charge is -2.10. The predicted molar refractivity (Wildman–Crippen MR) is 93.1 cm³/mol. The average molecular weight is 345 g/mol. The summed E-state index contributed by atoms with van der Waals surface area (Å²) < 4.78 is 20.4. The molecule has 1 aliphatic heterocycles. The Hall–Kier alpha value is -2.21. The van der Waals surface area contributed by atoms with Gasteiger partial charge in [0.2, 0.25) is 5.91 Å². The SMILES string of the molecule is Cc1nn(-c2ccc(F)cc2)c(C)c1CNC(=O)CCC1CCCO1. The molecule has 1 aromatic carbocycles. The minimum atomic E-state index is -0.274. The van der Waals surface area contributed by atoms with Crippen LogP contribution >= 0.6 is 0 Å². The van der Waals surface area contributed by atoms with Crippen molar-refractivity contribution < 1.29 is 13.9 Å². The number of ether oxygens (including phenoxy) is 1. The Morgan fingerprint density at radius 2 is 2.12 bits per heavy atom. The summed E-state index contributed by atoms with van der Waals surface area (Å²) >= 11 is 0. The van der Waals surface area contributed by atoms with Crippen LogP contribution in [0.1, 0.15) is 42.6 Å². The normalized spacial score (nSPS) is 17.0. The number of amides is 1. The summed E-state index contributed by atoms with van der Waals surface area (Å²) in [5.74, 6) is -0.243. The number of hydrogen-bond acceptors (Lipinski definition) is 3. The number of halogens is 1. The lowest BCUT2D eigenvalue weighted by molar-refractivity contribution is -0.121. The molecule has 1 saturated heterocycles. The summed E-state index contributed by atoms with van der Waals surface area (Å²) in [6, 6.07) is 6.22. The van der Waals surface area contributed by atoms with Crippen molar-refractivity contribution in [2.45, 2.75) is 52.2 Å². The van der Waals surface area contributed by atoms with Crippen LogP contribution in [0.4, 0.5) is 4.39 Å². The Labute approximate surface area is 147 Å². The zero-order valence-electron chi connectivity index (χ0n) is 14.7. The first kappa shape index (κ1) is 17.6. The molecule has 0 spiro atoms. The first-order valence-corrected chi connectivity index (χ1v) is 8.74. The maximum Gasteiger partial charge on any atom is 0.220 e. The van der Waals surface area contributed by atoms with Crippen LogP contribution in [0.15, 0.2) is 24.3 Å². The molecule has 0 radical (unpaired) electrons. The number of aryl methyl sites for hydroxylation is 1. The Bertz CT molecular complexity index is 734. The lowest BCUT2D eigenvalue weighted by atomic mass is 10.1. The van der Waals surface area contributed by atoms with E-state index in [1.165, 1.54) is 12.1 Å². The molecule has 1 N–H and O–H groups in total. The van der Waals surface area contributed by atoms with Crippen LogP contribution in [0.2, 0.25) is 0 Å².